The van der Waals surface area contributed by atoms with Gasteiger partial charge in [0.05, 0.1) is 11.3 Å². The molecule has 4 N–H and O–H groups in total. The standard InChI is InChI=1S/C12H13N.C4H11NO2S/c13-12(9-5-2-6-10-12)11-7-3-1-4-8-11;1-2-3-4-8(5,6)7/h1-9H,10,13H2;2-4H2,1H3,(H2,5,6,7). The summed E-state index contributed by atoms with van der Waals surface area (Å²) in [6, 6.07) is 10.2. The molecule has 0 bridgehead atoms. The quantitative estimate of drug-likeness (QED) is 0.895. The Morgan fingerprint density at radius 1 is 1.19 bits per heavy atom. The van der Waals surface area contributed by atoms with E-state index in [1.807, 2.05) is 37.3 Å². The first kappa shape index (κ1) is 17.6. The summed E-state index contributed by atoms with van der Waals surface area (Å²) in [5.74, 6) is 0.115. The number of rotatable bonds is 4. The van der Waals surface area contributed by atoms with Gasteiger partial charge in [-0.3, -0.25) is 0 Å². The van der Waals surface area contributed by atoms with Crippen LogP contribution in [0.1, 0.15) is 31.7 Å². The molecule has 0 spiro atoms. The number of unbranched alkanes of at least 4 members (excludes halogenated alkanes) is 1. The molecule has 4 nitrogen and oxygen atoms in total. The predicted molar refractivity (Wildman–Crippen MR) is 88.1 cm³/mol. The van der Waals surface area contributed by atoms with E-state index in [9.17, 15) is 8.42 Å². The van der Waals surface area contributed by atoms with Crippen molar-refractivity contribution in [3.63, 3.8) is 0 Å². The highest BCUT2D eigenvalue weighted by Crippen LogP contribution is 2.26. The molecule has 1 aromatic carbocycles. The molecule has 2 rings (SSSR count). The molecule has 21 heavy (non-hydrogen) atoms. The summed E-state index contributed by atoms with van der Waals surface area (Å²) in [5, 5.41) is 4.69. The molecule has 0 aliphatic heterocycles. The van der Waals surface area contributed by atoms with E-state index in [0.29, 0.717) is 6.42 Å². The SMILES string of the molecule is CCCCS(N)(=O)=O.NC1(c2ccccc2)C=CC=CC1. The van der Waals surface area contributed by atoms with Gasteiger partial charge in [0, 0.05) is 0 Å². The minimum absolute atomic E-state index is 0.115. The van der Waals surface area contributed by atoms with E-state index < -0.39 is 10.0 Å². The van der Waals surface area contributed by atoms with E-state index in [4.69, 9.17) is 10.9 Å². The highest BCUT2D eigenvalue weighted by atomic mass is 32.2. The van der Waals surface area contributed by atoms with Crippen LogP contribution in [0.2, 0.25) is 0 Å². The zero-order chi connectivity index (χ0) is 15.8. The molecule has 0 heterocycles. The summed E-state index contributed by atoms with van der Waals surface area (Å²) in [6.45, 7) is 1.92. The van der Waals surface area contributed by atoms with E-state index in [-0.39, 0.29) is 11.3 Å². The monoisotopic (exact) mass is 308 g/mol. The third-order valence-corrected chi connectivity index (χ3v) is 4.05. The van der Waals surface area contributed by atoms with Crippen molar-refractivity contribution in [1.29, 1.82) is 0 Å². The Labute approximate surface area is 127 Å². The van der Waals surface area contributed by atoms with Crippen LogP contribution in [0.3, 0.4) is 0 Å². The first-order valence-electron chi connectivity index (χ1n) is 7.06. The highest BCUT2D eigenvalue weighted by Gasteiger charge is 2.23. The largest absolute Gasteiger partial charge is 0.318 e. The molecule has 0 saturated heterocycles. The van der Waals surface area contributed by atoms with Gasteiger partial charge in [-0.15, -0.1) is 0 Å². The van der Waals surface area contributed by atoms with E-state index in [1.165, 1.54) is 5.56 Å². The van der Waals surface area contributed by atoms with Crippen LogP contribution in [0.25, 0.3) is 0 Å². The first-order valence-corrected chi connectivity index (χ1v) is 8.78. The summed E-state index contributed by atoms with van der Waals surface area (Å²) < 4.78 is 20.3. The van der Waals surface area contributed by atoms with Gasteiger partial charge in [0.25, 0.3) is 0 Å². The maximum absolute atomic E-state index is 10.2. The number of sulfonamides is 1. The Bertz CT molecular complexity index is 580. The van der Waals surface area contributed by atoms with Crippen molar-refractivity contribution < 1.29 is 8.42 Å². The van der Waals surface area contributed by atoms with Crippen LogP contribution in [-0.4, -0.2) is 14.2 Å². The number of benzene rings is 1. The summed E-state index contributed by atoms with van der Waals surface area (Å²) in [5.41, 5.74) is 7.12. The van der Waals surface area contributed by atoms with E-state index in [0.717, 1.165) is 12.8 Å². The Kier molecular flexibility index (Phi) is 6.81. The average molecular weight is 308 g/mol. The van der Waals surface area contributed by atoms with E-state index in [2.05, 4.69) is 24.3 Å². The molecular weight excluding hydrogens is 284 g/mol. The first-order chi connectivity index (χ1) is 9.87. The van der Waals surface area contributed by atoms with Gasteiger partial charge >= 0.3 is 0 Å². The number of nitrogens with two attached hydrogens (primary N) is 2. The third-order valence-electron chi connectivity index (χ3n) is 3.19. The predicted octanol–water partition coefficient (Wildman–Crippen LogP) is 2.43. The van der Waals surface area contributed by atoms with Crippen LogP contribution in [0.5, 0.6) is 0 Å². The average Bonchev–Trinajstić information content (AvgIpc) is 2.47. The van der Waals surface area contributed by atoms with Gasteiger partial charge in [-0.1, -0.05) is 68.0 Å². The van der Waals surface area contributed by atoms with Crippen molar-refractivity contribution in [3.05, 3.63) is 60.2 Å². The second-order valence-corrected chi connectivity index (χ2v) is 6.85. The lowest BCUT2D eigenvalue weighted by molar-refractivity contribution is 0.565. The van der Waals surface area contributed by atoms with E-state index >= 15 is 0 Å². The van der Waals surface area contributed by atoms with Gasteiger partial charge in [0.2, 0.25) is 10.0 Å². The molecule has 116 valence electrons. The number of primary sulfonamides is 1. The van der Waals surface area contributed by atoms with Crippen molar-refractivity contribution >= 4 is 10.0 Å². The smallest absolute Gasteiger partial charge is 0.209 e. The zero-order valence-electron chi connectivity index (χ0n) is 12.4. The van der Waals surface area contributed by atoms with Crippen LogP contribution in [0, 0.1) is 0 Å². The third kappa shape index (κ3) is 6.71. The molecular formula is C16H24N2O2S. The van der Waals surface area contributed by atoms with Gasteiger partial charge in [-0.25, -0.2) is 13.6 Å². The lowest BCUT2D eigenvalue weighted by Crippen LogP contribution is -2.34. The molecule has 1 aliphatic rings. The maximum Gasteiger partial charge on any atom is 0.209 e. The molecule has 0 aromatic heterocycles. The van der Waals surface area contributed by atoms with Crippen molar-refractivity contribution in [2.24, 2.45) is 10.9 Å². The van der Waals surface area contributed by atoms with Crippen molar-refractivity contribution in [2.75, 3.05) is 5.75 Å². The summed E-state index contributed by atoms with van der Waals surface area (Å²) in [4.78, 5) is 0. The van der Waals surface area contributed by atoms with Crippen LogP contribution in [0.4, 0.5) is 0 Å². The summed E-state index contributed by atoms with van der Waals surface area (Å²) >= 11 is 0. The van der Waals surface area contributed by atoms with E-state index in [1.54, 1.807) is 0 Å². The normalized spacial score (nSPS) is 20.7. The van der Waals surface area contributed by atoms with Gasteiger partial charge in [-0.2, -0.15) is 0 Å². The minimum atomic E-state index is -3.19. The lowest BCUT2D eigenvalue weighted by atomic mass is 9.85. The Hall–Kier alpha value is -1.43. The van der Waals surface area contributed by atoms with Crippen molar-refractivity contribution in [3.8, 4) is 0 Å². The number of hydrogen-bond acceptors (Lipinski definition) is 3. The van der Waals surface area contributed by atoms with Crippen LogP contribution in [0.15, 0.2) is 54.6 Å². The maximum atomic E-state index is 10.2. The fourth-order valence-corrected chi connectivity index (χ4v) is 2.64. The Morgan fingerprint density at radius 2 is 1.86 bits per heavy atom. The Balaban J connectivity index is 0.000000240. The van der Waals surface area contributed by atoms with Gasteiger partial charge < -0.3 is 5.73 Å². The summed E-state index contributed by atoms with van der Waals surface area (Å²) in [6.07, 6.45) is 10.6. The lowest BCUT2D eigenvalue weighted by Gasteiger charge is -2.26. The number of hydrogen-bond donors (Lipinski definition) is 2. The second kappa shape index (κ2) is 8.12. The molecule has 0 fully saturated rings. The van der Waals surface area contributed by atoms with Gasteiger partial charge in [0.1, 0.15) is 0 Å². The molecule has 1 unspecified atom stereocenters. The van der Waals surface area contributed by atoms with Gasteiger partial charge in [-0.05, 0) is 18.4 Å². The second-order valence-electron chi connectivity index (χ2n) is 5.12. The van der Waals surface area contributed by atoms with Crippen molar-refractivity contribution in [2.45, 2.75) is 31.7 Å². The molecule has 5 heteroatoms. The van der Waals surface area contributed by atoms with Crippen LogP contribution < -0.4 is 10.9 Å². The highest BCUT2D eigenvalue weighted by molar-refractivity contribution is 7.89. The topological polar surface area (TPSA) is 86.2 Å². The molecule has 1 aliphatic carbocycles. The molecule has 1 atom stereocenters. The number of allylic oxidation sites excluding steroid dienone is 2. The molecule has 0 radical (unpaired) electrons. The fraction of sp³-hybridized carbons (Fsp3) is 0.375. The van der Waals surface area contributed by atoms with Gasteiger partial charge in [0.15, 0.2) is 0 Å². The summed E-state index contributed by atoms with van der Waals surface area (Å²) in [7, 11) is -3.19. The van der Waals surface area contributed by atoms with Crippen LogP contribution >= 0.6 is 0 Å². The molecule has 0 amide bonds. The molecule has 1 aromatic rings. The van der Waals surface area contributed by atoms with Crippen molar-refractivity contribution in [1.82, 2.24) is 0 Å². The molecule has 0 saturated carbocycles. The fourth-order valence-electron chi connectivity index (χ4n) is 1.94. The Morgan fingerprint density at radius 3 is 2.29 bits per heavy atom. The zero-order valence-corrected chi connectivity index (χ0v) is 13.2. The minimum Gasteiger partial charge on any atom is -0.318 e. The van der Waals surface area contributed by atoms with Crippen LogP contribution in [-0.2, 0) is 15.6 Å².